The lowest BCUT2D eigenvalue weighted by Gasteiger charge is -2.35. The molecule has 0 bridgehead atoms. The quantitative estimate of drug-likeness (QED) is 0.693. The van der Waals surface area contributed by atoms with Gasteiger partial charge in [0.2, 0.25) is 5.88 Å². The minimum Gasteiger partial charge on any atom is -0.481 e. The van der Waals surface area contributed by atoms with Crippen LogP contribution in [0.4, 0.5) is 10.2 Å². The molecule has 0 radical (unpaired) electrons. The molecule has 30 heavy (non-hydrogen) atoms. The molecule has 2 fully saturated rings. The zero-order valence-electron chi connectivity index (χ0n) is 16.4. The number of methoxy groups -OCH3 is 1. The molecule has 2 aliphatic rings. The monoisotopic (exact) mass is 412 g/mol. The summed E-state index contributed by atoms with van der Waals surface area (Å²) in [5, 5.41) is 13.7. The molecule has 0 aromatic carbocycles. The Morgan fingerprint density at radius 2 is 2.17 bits per heavy atom. The van der Waals surface area contributed by atoms with Gasteiger partial charge >= 0.3 is 0 Å². The molecule has 3 aromatic heterocycles. The van der Waals surface area contributed by atoms with Crippen LogP contribution in [0.3, 0.4) is 0 Å². The number of amides is 1. The molecular weight excluding hydrogens is 391 g/mol. The van der Waals surface area contributed by atoms with Crippen molar-refractivity contribution in [2.24, 2.45) is 0 Å². The largest absolute Gasteiger partial charge is 0.481 e. The van der Waals surface area contributed by atoms with Gasteiger partial charge in [-0.15, -0.1) is 0 Å². The van der Waals surface area contributed by atoms with Crippen LogP contribution in [0.5, 0.6) is 5.88 Å². The number of likely N-dealkylation sites (tertiary alicyclic amines) is 1. The number of carbonyl (C=O) groups excluding carboxylic acids is 1. The van der Waals surface area contributed by atoms with E-state index in [4.69, 9.17) is 9.72 Å². The summed E-state index contributed by atoms with van der Waals surface area (Å²) < 4.78 is 20.8. The Kier molecular flexibility index (Phi) is 4.50. The molecule has 10 heteroatoms. The van der Waals surface area contributed by atoms with Crippen LogP contribution in [0.2, 0.25) is 0 Å². The maximum Gasteiger partial charge on any atom is 0.259 e. The normalized spacial score (nSPS) is 19.4. The van der Waals surface area contributed by atoms with Gasteiger partial charge in [-0.1, -0.05) is 0 Å². The van der Waals surface area contributed by atoms with Crippen molar-refractivity contribution in [1.29, 1.82) is 0 Å². The third-order valence-corrected chi connectivity index (χ3v) is 5.68. The van der Waals surface area contributed by atoms with Gasteiger partial charge < -0.3 is 19.6 Å². The summed E-state index contributed by atoms with van der Waals surface area (Å²) in [6.45, 7) is 1.37. The minimum absolute atomic E-state index is 0.134. The molecule has 1 N–H and O–H groups in total. The summed E-state index contributed by atoms with van der Waals surface area (Å²) in [6.07, 6.45) is 5.65. The maximum atomic E-state index is 13.9. The fourth-order valence-corrected chi connectivity index (χ4v) is 4.18. The van der Waals surface area contributed by atoms with E-state index in [1.54, 1.807) is 15.6 Å². The third-order valence-electron chi connectivity index (χ3n) is 5.68. The number of aliphatic hydroxyl groups is 1. The van der Waals surface area contributed by atoms with Gasteiger partial charge in [0.25, 0.3) is 5.91 Å². The Labute approximate surface area is 171 Å². The van der Waals surface area contributed by atoms with Crippen molar-refractivity contribution in [1.82, 2.24) is 24.5 Å². The van der Waals surface area contributed by atoms with Crippen LogP contribution in [0, 0.1) is 5.82 Å². The van der Waals surface area contributed by atoms with Crippen molar-refractivity contribution in [2.45, 2.75) is 25.0 Å². The fraction of sp³-hybridized carbons (Fsp3) is 0.400. The highest BCUT2D eigenvalue weighted by Gasteiger charge is 2.33. The van der Waals surface area contributed by atoms with Gasteiger partial charge in [0, 0.05) is 31.4 Å². The Morgan fingerprint density at radius 3 is 2.93 bits per heavy atom. The lowest BCUT2D eigenvalue weighted by Crippen LogP contribution is -2.53. The molecule has 5 rings (SSSR count). The van der Waals surface area contributed by atoms with E-state index in [9.17, 15) is 14.3 Å². The van der Waals surface area contributed by atoms with Gasteiger partial charge in [-0.25, -0.2) is 18.9 Å². The first kappa shape index (κ1) is 18.7. The van der Waals surface area contributed by atoms with Gasteiger partial charge in [-0.2, -0.15) is 5.10 Å². The molecule has 1 unspecified atom stereocenters. The van der Waals surface area contributed by atoms with Gasteiger partial charge in [-0.3, -0.25) is 4.79 Å². The Hall–Kier alpha value is -3.27. The molecule has 0 saturated carbocycles. The predicted molar refractivity (Wildman–Crippen MR) is 105 cm³/mol. The number of fused-ring (bicyclic) bond motifs is 1. The number of pyridine rings is 1. The van der Waals surface area contributed by atoms with E-state index >= 15 is 0 Å². The highest BCUT2D eigenvalue weighted by molar-refractivity contribution is 6.00. The lowest BCUT2D eigenvalue weighted by molar-refractivity contribution is 0.00601. The second-order valence-corrected chi connectivity index (χ2v) is 7.58. The fourth-order valence-electron chi connectivity index (χ4n) is 4.18. The predicted octanol–water partition coefficient (Wildman–Crippen LogP) is 1.43. The Bertz CT molecular complexity index is 1110. The minimum atomic E-state index is -0.473. The van der Waals surface area contributed by atoms with E-state index in [-0.39, 0.29) is 11.9 Å². The number of nitrogens with zero attached hydrogens (tertiary/aromatic N) is 6. The van der Waals surface area contributed by atoms with Crippen LogP contribution in [0.1, 0.15) is 34.8 Å². The average molecular weight is 412 g/mol. The van der Waals surface area contributed by atoms with Gasteiger partial charge in [0.15, 0.2) is 5.65 Å². The zero-order chi connectivity index (χ0) is 20.8. The van der Waals surface area contributed by atoms with Crippen molar-refractivity contribution in [2.75, 3.05) is 31.6 Å². The molecule has 2 saturated heterocycles. The number of rotatable bonds is 4. The van der Waals surface area contributed by atoms with Crippen LogP contribution >= 0.6 is 0 Å². The number of aromatic nitrogens is 4. The van der Waals surface area contributed by atoms with Crippen molar-refractivity contribution in [3.63, 3.8) is 0 Å². The second kappa shape index (κ2) is 7.21. The van der Waals surface area contributed by atoms with Crippen LogP contribution < -0.4 is 9.64 Å². The highest BCUT2D eigenvalue weighted by Crippen LogP contribution is 2.39. The van der Waals surface area contributed by atoms with Crippen LogP contribution in [-0.4, -0.2) is 68.3 Å². The molecule has 1 atom stereocenters. The smallest absolute Gasteiger partial charge is 0.259 e. The number of halogens is 1. The first-order valence-corrected chi connectivity index (χ1v) is 9.83. The Morgan fingerprint density at radius 1 is 1.33 bits per heavy atom. The van der Waals surface area contributed by atoms with E-state index < -0.39 is 11.9 Å². The number of carbonyl (C=O) groups is 1. The summed E-state index contributed by atoms with van der Waals surface area (Å²) in [4.78, 5) is 25.1. The maximum absolute atomic E-state index is 13.9. The van der Waals surface area contributed by atoms with Crippen molar-refractivity contribution >= 4 is 17.4 Å². The number of β-amino-alcohol motifs (C(OH)–C–C–N with tert-alkyl or cyclic N) is 1. The molecule has 0 aliphatic carbocycles. The van der Waals surface area contributed by atoms with E-state index in [1.165, 1.54) is 19.4 Å². The molecular formula is C20H21FN6O3. The van der Waals surface area contributed by atoms with E-state index in [0.29, 0.717) is 41.6 Å². The highest BCUT2D eigenvalue weighted by atomic mass is 19.1. The van der Waals surface area contributed by atoms with Gasteiger partial charge in [-0.05, 0) is 25.0 Å². The number of ether oxygens (including phenoxy) is 1. The second-order valence-electron chi connectivity index (χ2n) is 7.58. The first-order valence-electron chi connectivity index (χ1n) is 9.83. The van der Waals surface area contributed by atoms with Crippen LogP contribution in [-0.2, 0) is 0 Å². The topological polar surface area (TPSA) is 96.1 Å². The molecule has 5 heterocycles. The lowest BCUT2D eigenvalue weighted by atomic mass is 10.1. The molecule has 0 spiro atoms. The summed E-state index contributed by atoms with van der Waals surface area (Å²) in [5.41, 5.74) is 1.52. The van der Waals surface area contributed by atoms with E-state index in [2.05, 4.69) is 15.0 Å². The average Bonchev–Trinajstić information content (AvgIpc) is 3.37. The van der Waals surface area contributed by atoms with Crippen molar-refractivity contribution in [3.8, 4) is 5.88 Å². The Balaban J connectivity index is 1.50. The number of hydrogen-bond acceptors (Lipinski definition) is 7. The van der Waals surface area contributed by atoms with Crippen LogP contribution in [0.15, 0.2) is 30.7 Å². The number of aliphatic hydroxyl groups excluding tert-OH is 1. The molecule has 156 valence electrons. The summed E-state index contributed by atoms with van der Waals surface area (Å²) in [6, 6.07) is 3.15. The van der Waals surface area contributed by atoms with Crippen LogP contribution in [0.25, 0.3) is 5.65 Å². The van der Waals surface area contributed by atoms with E-state index in [1.807, 2.05) is 6.07 Å². The third kappa shape index (κ3) is 3.04. The molecule has 3 aromatic rings. The van der Waals surface area contributed by atoms with E-state index in [0.717, 1.165) is 25.6 Å². The first-order chi connectivity index (χ1) is 14.5. The zero-order valence-corrected chi connectivity index (χ0v) is 16.4. The number of hydrogen-bond donors (Lipinski definition) is 1. The SMILES string of the molecule is COc1ncc(F)cc1C1CCCN1c1ccn2ncc(C(=O)N3CC(O)C3)c2n1. The molecule has 9 nitrogen and oxygen atoms in total. The summed E-state index contributed by atoms with van der Waals surface area (Å²) in [7, 11) is 1.52. The van der Waals surface area contributed by atoms with Crippen molar-refractivity contribution < 1.29 is 19.0 Å². The van der Waals surface area contributed by atoms with Gasteiger partial charge in [0.05, 0.1) is 31.6 Å². The van der Waals surface area contributed by atoms with Crippen molar-refractivity contribution in [3.05, 3.63) is 47.7 Å². The molecule has 1 amide bonds. The summed E-state index contributed by atoms with van der Waals surface area (Å²) in [5.74, 6) is 0.454. The standard InChI is InChI=1S/C20H21FN6O3/c1-30-19-14(7-12(21)8-22-19)16-3-2-5-26(16)17-4-6-27-18(24-17)15(9-23-27)20(29)25-10-13(28)11-25/h4,6-9,13,16,28H,2-3,5,10-11H2,1H3. The number of anilines is 1. The molecule has 2 aliphatic heterocycles. The van der Waals surface area contributed by atoms with Gasteiger partial charge in [0.1, 0.15) is 17.2 Å². The summed E-state index contributed by atoms with van der Waals surface area (Å²) >= 11 is 0.